The molecule has 0 atom stereocenters. The van der Waals surface area contributed by atoms with Crippen molar-refractivity contribution in [2.45, 2.75) is 39.5 Å². The summed E-state index contributed by atoms with van der Waals surface area (Å²) >= 11 is 0. The first-order chi connectivity index (χ1) is 11.4. The molecule has 0 saturated heterocycles. The Morgan fingerprint density at radius 3 is 2.42 bits per heavy atom. The fourth-order valence-corrected chi connectivity index (χ4v) is 2.48. The van der Waals surface area contributed by atoms with Gasteiger partial charge >= 0.3 is 0 Å². The van der Waals surface area contributed by atoms with Crippen LogP contribution in [0.2, 0.25) is 0 Å². The van der Waals surface area contributed by atoms with Gasteiger partial charge in [-0.05, 0) is 47.2 Å². The summed E-state index contributed by atoms with van der Waals surface area (Å²) in [5, 5.41) is 8.90. The molecule has 0 spiro atoms. The molecule has 24 heavy (non-hydrogen) atoms. The smallest absolute Gasteiger partial charge is 0.123 e. The molecular weight excluding hydrogens is 298 g/mol. The first kappa shape index (κ1) is 17.9. The molecule has 0 aliphatic carbocycles. The lowest BCUT2D eigenvalue weighted by atomic mass is 9.85. The van der Waals surface area contributed by atoms with Crippen LogP contribution < -0.4 is 9.47 Å². The van der Waals surface area contributed by atoms with Gasteiger partial charge in [-0.3, -0.25) is 0 Å². The Bertz CT molecular complexity index is 723. The highest BCUT2D eigenvalue weighted by Gasteiger charge is 2.19. The van der Waals surface area contributed by atoms with Gasteiger partial charge in [-0.1, -0.05) is 45.9 Å². The van der Waals surface area contributed by atoms with Crippen molar-refractivity contribution in [1.82, 2.24) is 0 Å². The zero-order valence-corrected chi connectivity index (χ0v) is 14.9. The van der Waals surface area contributed by atoms with Crippen LogP contribution in [0, 0.1) is 11.3 Å². The second kappa shape index (κ2) is 7.88. The van der Waals surface area contributed by atoms with Crippen LogP contribution >= 0.6 is 0 Å². The molecule has 0 radical (unpaired) electrons. The third-order valence-corrected chi connectivity index (χ3v) is 3.83. The molecule has 0 heterocycles. The van der Waals surface area contributed by atoms with Gasteiger partial charge in [0.25, 0.3) is 0 Å². The molecule has 0 aromatic heterocycles. The molecule has 0 amide bonds. The van der Waals surface area contributed by atoms with Gasteiger partial charge in [0.1, 0.15) is 24.7 Å². The Kier molecular flexibility index (Phi) is 5.87. The van der Waals surface area contributed by atoms with Crippen LogP contribution in [0.5, 0.6) is 11.5 Å². The van der Waals surface area contributed by atoms with Crippen molar-refractivity contribution in [2.24, 2.45) is 0 Å². The topological polar surface area (TPSA) is 42.2 Å². The number of hydrogen-bond donors (Lipinski definition) is 0. The summed E-state index contributed by atoms with van der Waals surface area (Å²) in [6.45, 7) is 9.64. The number of rotatable bonds is 6. The van der Waals surface area contributed by atoms with Crippen LogP contribution in [0.25, 0.3) is 0 Å². The maximum atomic E-state index is 8.90. The van der Waals surface area contributed by atoms with E-state index in [0.717, 1.165) is 12.2 Å². The fraction of sp³-hybridized carbons (Fsp3) is 0.381. The highest BCUT2D eigenvalue weighted by atomic mass is 16.5. The molecule has 0 aliphatic rings. The lowest BCUT2D eigenvalue weighted by Gasteiger charge is -2.23. The lowest BCUT2D eigenvalue weighted by molar-refractivity contribution is 0.214. The van der Waals surface area contributed by atoms with Gasteiger partial charge in [0.15, 0.2) is 0 Å². The predicted octanol–water partition coefficient (Wildman–Crippen LogP) is 4.88. The molecule has 2 aromatic rings. The number of ether oxygens (including phenoxy) is 2. The third kappa shape index (κ3) is 4.76. The van der Waals surface area contributed by atoms with E-state index in [1.54, 1.807) is 12.1 Å². The molecular formula is C21H25NO2. The van der Waals surface area contributed by atoms with Crippen LogP contribution in [0.3, 0.4) is 0 Å². The van der Waals surface area contributed by atoms with Crippen molar-refractivity contribution in [3.05, 3.63) is 59.2 Å². The minimum absolute atomic E-state index is 0.0303. The predicted molar refractivity (Wildman–Crippen MR) is 96.7 cm³/mol. The van der Waals surface area contributed by atoms with E-state index in [4.69, 9.17) is 14.7 Å². The highest BCUT2D eigenvalue weighted by Crippen LogP contribution is 2.32. The molecule has 3 nitrogen and oxygen atoms in total. The average molecular weight is 323 g/mol. The van der Waals surface area contributed by atoms with Crippen LogP contribution in [0.1, 0.15) is 44.4 Å². The summed E-state index contributed by atoms with van der Waals surface area (Å²) in [4.78, 5) is 0. The van der Waals surface area contributed by atoms with Gasteiger partial charge in [0.05, 0.1) is 11.6 Å². The number of nitrogens with zero attached hydrogens (tertiary/aromatic N) is 1. The maximum Gasteiger partial charge on any atom is 0.123 e. The number of benzene rings is 2. The highest BCUT2D eigenvalue weighted by molar-refractivity contribution is 5.41. The number of hydrogen-bond acceptors (Lipinski definition) is 3. The van der Waals surface area contributed by atoms with E-state index in [0.29, 0.717) is 24.5 Å². The van der Waals surface area contributed by atoms with E-state index in [9.17, 15) is 0 Å². The summed E-state index contributed by atoms with van der Waals surface area (Å²) in [7, 11) is 0. The van der Waals surface area contributed by atoms with E-state index in [-0.39, 0.29) is 5.41 Å². The molecule has 0 bridgehead atoms. The van der Waals surface area contributed by atoms with Crippen molar-refractivity contribution in [2.75, 3.05) is 13.2 Å². The van der Waals surface area contributed by atoms with Crippen LogP contribution in [-0.2, 0) is 11.8 Å². The van der Waals surface area contributed by atoms with Gasteiger partial charge in [-0.25, -0.2) is 0 Å². The van der Waals surface area contributed by atoms with Crippen LogP contribution in [-0.4, -0.2) is 13.2 Å². The Morgan fingerprint density at radius 1 is 1.00 bits per heavy atom. The van der Waals surface area contributed by atoms with Crippen molar-refractivity contribution in [3.63, 3.8) is 0 Å². The molecule has 0 aliphatic heterocycles. The largest absolute Gasteiger partial charge is 0.490 e. The monoisotopic (exact) mass is 323 g/mol. The molecule has 2 aromatic carbocycles. The zero-order valence-electron chi connectivity index (χ0n) is 14.9. The number of aryl methyl sites for hydroxylation is 1. The standard InChI is InChI=1S/C21H25NO2/c1-5-16-9-10-20(19(14-16)21(2,3)4)24-12-11-23-18-8-6-7-17(13-18)15-22/h6-10,13-14H,5,11-12H2,1-4H3. The molecule has 2 rings (SSSR count). The first-order valence-corrected chi connectivity index (χ1v) is 8.33. The van der Waals surface area contributed by atoms with Gasteiger partial charge in [0.2, 0.25) is 0 Å². The molecule has 0 unspecified atom stereocenters. The van der Waals surface area contributed by atoms with Crippen molar-refractivity contribution in [1.29, 1.82) is 5.26 Å². The van der Waals surface area contributed by atoms with Gasteiger partial charge in [0, 0.05) is 0 Å². The third-order valence-electron chi connectivity index (χ3n) is 3.83. The Hall–Kier alpha value is -2.47. The molecule has 3 heteroatoms. The molecule has 0 saturated carbocycles. The Morgan fingerprint density at radius 2 is 1.75 bits per heavy atom. The Labute approximate surface area is 144 Å². The fourth-order valence-electron chi connectivity index (χ4n) is 2.48. The van der Waals surface area contributed by atoms with Crippen LogP contribution in [0.15, 0.2) is 42.5 Å². The number of nitriles is 1. The molecule has 0 N–H and O–H groups in total. The van der Waals surface area contributed by atoms with E-state index in [2.05, 4.69) is 52.0 Å². The SMILES string of the molecule is CCc1ccc(OCCOc2cccc(C#N)c2)c(C(C)(C)C)c1. The quantitative estimate of drug-likeness (QED) is 0.712. The maximum absolute atomic E-state index is 8.90. The van der Waals surface area contributed by atoms with Crippen molar-refractivity contribution >= 4 is 0 Å². The summed E-state index contributed by atoms with van der Waals surface area (Å²) in [6.07, 6.45) is 1.02. The minimum Gasteiger partial charge on any atom is -0.490 e. The normalized spacial score (nSPS) is 11.0. The van der Waals surface area contributed by atoms with Gasteiger partial charge in [-0.15, -0.1) is 0 Å². The Balaban J connectivity index is 1.98. The van der Waals surface area contributed by atoms with Gasteiger partial charge < -0.3 is 9.47 Å². The lowest BCUT2D eigenvalue weighted by Crippen LogP contribution is -2.16. The first-order valence-electron chi connectivity index (χ1n) is 8.33. The minimum atomic E-state index is 0.0303. The van der Waals surface area contributed by atoms with E-state index < -0.39 is 0 Å². The van der Waals surface area contributed by atoms with E-state index in [1.807, 2.05) is 12.1 Å². The van der Waals surface area contributed by atoms with Crippen molar-refractivity contribution in [3.8, 4) is 17.6 Å². The summed E-state index contributed by atoms with van der Waals surface area (Å²) < 4.78 is 11.6. The summed E-state index contributed by atoms with van der Waals surface area (Å²) in [6, 6.07) is 15.7. The molecule has 0 fully saturated rings. The van der Waals surface area contributed by atoms with Crippen molar-refractivity contribution < 1.29 is 9.47 Å². The summed E-state index contributed by atoms with van der Waals surface area (Å²) in [5.41, 5.74) is 3.16. The van der Waals surface area contributed by atoms with Crippen LogP contribution in [0.4, 0.5) is 0 Å². The summed E-state index contributed by atoms with van der Waals surface area (Å²) in [5.74, 6) is 1.60. The second-order valence-corrected chi connectivity index (χ2v) is 6.77. The van der Waals surface area contributed by atoms with E-state index in [1.165, 1.54) is 11.1 Å². The molecule has 126 valence electrons. The van der Waals surface area contributed by atoms with Gasteiger partial charge in [-0.2, -0.15) is 5.26 Å². The average Bonchev–Trinajstić information content (AvgIpc) is 2.58. The second-order valence-electron chi connectivity index (χ2n) is 6.77. The van der Waals surface area contributed by atoms with E-state index >= 15 is 0 Å². The zero-order chi connectivity index (χ0) is 17.6.